The van der Waals surface area contributed by atoms with Gasteiger partial charge >= 0.3 is 0 Å². The molecule has 0 saturated heterocycles. The number of nitrogens with one attached hydrogen (secondary N) is 1. The van der Waals surface area contributed by atoms with Crippen LogP contribution in [0.5, 0.6) is 0 Å². The van der Waals surface area contributed by atoms with Gasteiger partial charge < -0.3 is 15.8 Å². The molecule has 18 heavy (non-hydrogen) atoms. The predicted octanol–water partition coefficient (Wildman–Crippen LogP) is 0.601. The second kappa shape index (κ2) is 10.5. The monoisotopic (exact) mass is 253 g/mol. The summed E-state index contributed by atoms with van der Waals surface area (Å²) in [5, 5.41) is 3.20. The van der Waals surface area contributed by atoms with Crippen LogP contribution in [-0.2, 0) is 4.74 Å². The summed E-state index contributed by atoms with van der Waals surface area (Å²) in [6.07, 6.45) is 5.53. The van der Waals surface area contributed by atoms with Gasteiger partial charge in [0, 0.05) is 45.6 Å². The third-order valence-corrected chi connectivity index (χ3v) is 1.99. The first-order valence-electron chi connectivity index (χ1n) is 5.74. The SMILES string of the molecule is C/N=C\N=C/C/C(N)=C/C(=N\C)N[C@H](C)COC. The number of allylic oxidation sites excluding steroid dienone is 1. The molecule has 102 valence electrons. The quantitative estimate of drug-likeness (QED) is 0.515. The van der Waals surface area contributed by atoms with Crippen molar-refractivity contribution in [1.82, 2.24) is 5.32 Å². The summed E-state index contributed by atoms with van der Waals surface area (Å²) in [6, 6.07) is 0.179. The molecular weight excluding hydrogens is 230 g/mol. The summed E-state index contributed by atoms with van der Waals surface area (Å²) in [7, 11) is 5.04. The molecule has 0 saturated carbocycles. The highest BCUT2D eigenvalue weighted by Gasteiger charge is 2.02. The molecule has 0 aromatic carbocycles. The lowest BCUT2D eigenvalue weighted by molar-refractivity contribution is 0.179. The maximum atomic E-state index is 5.86. The number of aliphatic imine (C=N–C) groups is 3. The average Bonchev–Trinajstić information content (AvgIpc) is 2.34. The number of ether oxygens (including phenoxy) is 1. The Morgan fingerprint density at radius 1 is 1.44 bits per heavy atom. The van der Waals surface area contributed by atoms with E-state index in [1.807, 2.05) is 6.92 Å². The minimum absolute atomic E-state index is 0.179. The van der Waals surface area contributed by atoms with Gasteiger partial charge in [-0.2, -0.15) is 0 Å². The van der Waals surface area contributed by atoms with Crippen molar-refractivity contribution in [2.45, 2.75) is 19.4 Å². The largest absolute Gasteiger partial charge is 0.402 e. The van der Waals surface area contributed by atoms with Crippen molar-refractivity contribution in [1.29, 1.82) is 0 Å². The molecular formula is C12H23N5O. The van der Waals surface area contributed by atoms with E-state index in [0.717, 1.165) is 5.84 Å². The van der Waals surface area contributed by atoms with Crippen LogP contribution in [0, 0.1) is 0 Å². The van der Waals surface area contributed by atoms with E-state index in [1.165, 1.54) is 6.34 Å². The molecule has 0 heterocycles. The number of methoxy groups -OCH3 is 1. The number of rotatable bonds is 7. The van der Waals surface area contributed by atoms with Gasteiger partial charge in [-0.25, -0.2) is 4.99 Å². The van der Waals surface area contributed by atoms with Gasteiger partial charge in [0.15, 0.2) is 0 Å². The number of nitrogens with zero attached hydrogens (tertiary/aromatic N) is 3. The summed E-state index contributed by atoms with van der Waals surface area (Å²) < 4.78 is 5.04. The van der Waals surface area contributed by atoms with E-state index in [4.69, 9.17) is 10.5 Å². The second-order valence-corrected chi connectivity index (χ2v) is 3.74. The minimum Gasteiger partial charge on any atom is -0.402 e. The first-order chi connectivity index (χ1) is 8.63. The average molecular weight is 253 g/mol. The van der Waals surface area contributed by atoms with Gasteiger partial charge in [0.2, 0.25) is 0 Å². The van der Waals surface area contributed by atoms with Crippen LogP contribution in [0.15, 0.2) is 26.8 Å². The Hall–Kier alpha value is -1.69. The van der Waals surface area contributed by atoms with Crippen LogP contribution in [0.1, 0.15) is 13.3 Å². The highest BCUT2D eigenvalue weighted by atomic mass is 16.5. The molecule has 0 aromatic heterocycles. The number of hydrogen-bond acceptors (Lipinski definition) is 4. The molecule has 0 aliphatic rings. The van der Waals surface area contributed by atoms with Crippen molar-refractivity contribution >= 4 is 18.4 Å². The van der Waals surface area contributed by atoms with Crippen LogP contribution in [0.4, 0.5) is 0 Å². The molecule has 0 bridgehead atoms. The van der Waals surface area contributed by atoms with Crippen molar-refractivity contribution in [3.8, 4) is 0 Å². The molecule has 6 nitrogen and oxygen atoms in total. The van der Waals surface area contributed by atoms with Gasteiger partial charge in [0.05, 0.1) is 6.61 Å². The Bertz CT molecular complexity index is 333. The van der Waals surface area contributed by atoms with E-state index >= 15 is 0 Å². The summed E-state index contributed by atoms with van der Waals surface area (Å²) >= 11 is 0. The first kappa shape index (κ1) is 16.3. The Morgan fingerprint density at radius 3 is 2.72 bits per heavy atom. The molecule has 0 spiro atoms. The van der Waals surface area contributed by atoms with Crippen LogP contribution >= 0.6 is 0 Å². The van der Waals surface area contributed by atoms with E-state index in [0.29, 0.717) is 18.7 Å². The maximum absolute atomic E-state index is 5.86. The topological polar surface area (TPSA) is 84.4 Å². The van der Waals surface area contributed by atoms with Crippen LogP contribution < -0.4 is 11.1 Å². The fourth-order valence-electron chi connectivity index (χ4n) is 1.22. The van der Waals surface area contributed by atoms with Crippen LogP contribution in [0.3, 0.4) is 0 Å². The van der Waals surface area contributed by atoms with Crippen LogP contribution in [0.25, 0.3) is 0 Å². The molecule has 0 aromatic rings. The zero-order valence-electron chi connectivity index (χ0n) is 11.6. The fourth-order valence-corrected chi connectivity index (χ4v) is 1.22. The summed E-state index contributed by atoms with van der Waals surface area (Å²) in [5.74, 6) is 0.731. The molecule has 0 unspecified atom stereocenters. The normalized spacial score (nSPS) is 15.6. The van der Waals surface area contributed by atoms with Gasteiger partial charge in [0.25, 0.3) is 0 Å². The molecule has 0 aliphatic heterocycles. The fraction of sp³-hybridized carbons (Fsp3) is 0.583. The van der Waals surface area contributed by atoms with Crippen molar-refractivity contribution < 1.29 is 4.74 Å². The van der Waals surface area contributed by atoms with Crippen LogP contribution in [0.2, 0.25) is 0 Å². The van der Waals surface area contributed by atoms with Crippen molar-refractivity contribution in [3.05, 3.63) is 11.8 Å². The first-order valence-corrected chi connectivity index (χ1v) is 5.74. The maximum Gasteiger partial charge on any atom is 0.122 e. The van der Waals surface area contributed by atoms with E-state index in [1.54, 1.807) is 33.5 Å². The van der Waals surface area contributed by atoms with Crippen molar-refractivity contribution in [2.75, 3.05) is 27.8 Å². The van der Waals surface area contributed by atoms with Crippen molar-refractivity contribution in [2.24, 2.45) is 20.7 Å². The lowest BCUT2D eigenvalue weighted by atomic mass is 10.3. The molecule has 0 aliphatic carbocycles. The van der Waals surface area contributed by atoms with Crippen LogP contribution in [-0.4, -0.2) is 52.2 Å². The minimum atomic E-state index is 0.179. The Labute approximate surface area is 109 Å². The molecule has 1 atom stereocenters. The lowest BCUT2D eigenvalue weighted by Crippen LogP contribution is -2.35. The van der Waals surface area contributed by atoms with E-state index in [-0.39, 0.29) is 6.04 Å². The second-order valence-electron chi connectivity index (χ2n) is 3.74. The molecule has 0 fully saturated rings. The third kappa shape index (κ3) is 8.46. The Balaban J connectivity index is 4.32. The number of hydrogen-bond donors (Lipinski definition) is 2. The summed E-state index contributed by atoms with van der Waals surface area (Å²) in [4.78, 5) is 11.8. The van der Waals surface area contributed by atoms with Gasteiger partial charge in [-0.05, 0) is 13.0 Å². The van der Waals surface area contributed by atoms with Crippen molar-refractivity contribution in [3.63, 3.8) is 0 Å². The van der Waals surface area contributed by atoms with E-state index in [9.17, 15) is 0 Å². The molecule has 0 amide bonds. The van der Waals surface area contributed by atoms with Gasteiger partial charge in [0.1, 0.15) is 12.2 Å². The standard InChI is InChI=1S/C12H23N5O/c1-10(8-18-4)17-12(15-3)7-11(13)5-6-16-9-14-2/h6-7,9-10H,5,8,13H2,1-4H3,(H,15,17)/b11-7-,14-9-,16-6-/t10-/m1/s1. The number of amidine groups is 1. The highest BCUT2D eigenvalue weighted by molar-refractivity contribution is 5.94. The highest BCUT2D eigenvalue weighted by Crippen LogP contribution is 1.92. The van der Waals surface area contributed by atoms with E-state index < -0.39 is 0 Å². The van der Waals surface area contributed by atoms with Gasteiger partial charge in [-0.1, -0.05) is 0 Å². The third-order valence-electron chi connectivity index (χ3n) is 1.99. The Kier molecular flexibility index (Phi) is 9.48. The molecule has 0 rings (SSSR count). The Morgan fingerprint density at radius 2 is 2.17 bits per heavy atom. The molecule has 6 heteroatoms. The number of nitrogens with two attached hydrogens (primary N) is 1. The summed E-state index contributed by atoms with van der Waals surface area (Å²) in [5.41, 5.74) is 6.54. The van der Waals surface area contributed by atoms with Gasteiger partial charge in [-0.3, -0.25) is 9.98 Å². The smallest absolute Gasteiger partial charge is 0.122 e. The molecule has 0 radical (unpaired) electrons. The lowest BCUT2D eigenvalue weighted by Gasteiger charge is -2.14. The van der Waals surface area contributed by atoms with Gasteiger partial charge in [-0.15, -0.1) is 0 Å². The summed E-state index contributed by atoms with van der Waals surface area (Å²) in [6.45, 7) is 2.62. The zero-order valence-corrected chi connectivity index (χ0v) is 11.6. The predicted molar refractivity (Wildman–Crippen MR) is 77.6 cm³/mol. The molecule has 3 N–H and O–H groups in total. The zero-order chi connectivity index (χ0) is 13.8. The van der Waals surface area contributed by atoms with E-state index in [2.05, 4.69) is 20.3 Å².